The van der Waals surface area contributed by atoms with Gasteiger partial charge in [-0.2, -0.15) is 10.2 Å². The van der Waals surface area contributed by atoms with Gasteiger partial charge < -0.3 is 14.7 Å². The van der Waals surface area contributed by atoms with Gasteiger partial charge in [0.2, 0.25) is 0 Å². The van der Waals surface area contributed by atoms with Gasteiger partial charge in [0.25, 0.3) is 0 Å². The second kappa shape index (κ2) is 5.75. The zero-order valence-electron chi connectivity index (χ0n) is 10.6. The SMILES string of the molecule is COCC(O)CN(C)c1cnnc2ccccc12. The van der Waals surface area contributed by atoms with Crippen molar-refractivity contribution >= 4 is 16.6 Å². The van der Waals surface area contributed by atoms with Gasteiger partial charge >= 0.3 is 0 Å². The molecule has 1 aromatic heterocycles. The van der Waals surface area contributed by atoms with Gasteiger partial charge in [0.05, 0.1) is 30.1 Å². The highest BCUT2D eigenvalue weighted by Crippen LogP contribution is 2.22. The molecule has 0 amide bonds. The second-order valence-corrected chi connectivity index (χ2v) is 4.24. The van der Waals surface area contributed by atoms with Crippen LogP contribution in [-0.2, 0) is 4.74 Å². The average molecular weight is 247 g/mol. The molecule has 96 valence electrons. The molecule has 1 atom stereocenters. The van der Waals surface area contributed by atoms with Gasteiger partial charge in [-0.25, -0.2) is 0 Å². The van der Waals surface area contributed by atoms with Crippen molar-refractivity contribution in [2.45, 2.75) is 6.10 Å². The summed E-state index contributed by atoms with van der Waals surface area (Å²) in [5, 5.41) is 18.8. The normalized spacial score (nSPS) is 12.6. The summed E-state index contributed by atoms with van der Waals surface area (Å²) in [4.78, 5) is 1.96. The number of aliphatic hydroxyl groups excluding tert-OH is 1. The van der Waals surface area contributed by atoms with Gasteiger partial charge in [-0.05, 0) is 6.07 Å². The summed E-state index contributed by atoms with van der Waals surface area (Å²) in [6, 6.07) is 7.82. The van der Waals surface area contributed by atoms with Crippen molar-refractivity contribution in [3.63, 3.8) is 0 Å². The predicted molar refractivity (Wildman–Crippen MR) is 70.7 cm³/mol. The fourth-order valence-corrected chi connectivity index (χ4v) is 1.96. The molecule has 0 radical (unpaired) electrons. The molecule has 0 aliphatic rings. The first-order valence-corrected chi connectivity index (χ1v) is 5.81. The first-order valence-electron chi connectivity index (χ1n) is 5.81. The monoisotopic (exact) mass is 247 g/mol. The molecule has 1 unspecified atom stereocenters. The van der Waals surface area contributed by atoms with Gasteiger partial charge in [0.15, 0.2) is 0 Å². The quantitative estimate of drug-likeness (QED) is 0.856. The molecule has 0 spiro atoms. The molecule has 18 heavy (non-hydrogen) atoms. The first-order chi connectivity index (χ1) is 8.72. The third-order valence-corrected chi connectivity index (χ3v) is 2.78. The van der Waals surface area contributed by atoms with E-state index in [-0.39, 0.29) is 0 Å². The number of methoxy groups -OCH3 is 1. The molecule has 0 aliphatic heterocycles. The smallest absolute Gasteiger partial charge is 0.0950 e. The van der Waals surface area contributed by atoms with Crippen molar-refractivity contribution < 1.29 is 9.84 Å². The van der Waals surface area contributed by atoms with Gasteiger partial charge in [-0.3, -0.25) is 0 Å². The van der Waals surface area contributed by atoms with Crippen molar-refractivity contribution in [2.75, 3.05) is 32.2 Å². The molecule has 2 aromatic rings. The minimum atomic E-state index is -0.521. The van der Waals surface area contributed by atoms with Crippen molar-refractivity contribution in [1.29, 1.82) is 0 Å². The number of anilines is 1. The number of aromatic nitrogens is 2. The Morgan fingerprint density at radius 3 is 2.94 bits per heavy atom. The standard InChI is InChI=1S/C13H17N3O2/c1-16(8-10(17)9-18-2)13-7-14-15-12-6-4-3-5-11(12)13/h3-7,10,17H,8-9H2,1-2H3. The van der Waals surface area contributed by atoms with Crippen molar-refractivity contribution in [2.24, 2.45) is 0 Å². The lowest BCUT2D eigenvalue weighted by molar-refractivity contribution is 0.0695. The molecule has 0 saturated heterocycles. The molecule has 0 saturated carbocycles. The number of ether oxygens (including phenoxy) is 1. The third-order valence-electron chi connectivity index (χ3n) is 2.78. The lowest BCUT2D eigenvalue weighted by Gasteiger charge is -2.23. The van der Waals surface area contributed by atoms with Crippen LogP contribution in [0.3, 0.4) is 0 Å². The summed E-state index contributed by atoms with van der Waals surface area (Å²) in [6.07, 6.45) is 1.19. The lowest BCUT2D eigenvalue weighted by Crippen LogP contribution is -2.32. The maximum absolute atomic E-state index is 9.75. The van der Waals surface area contributed by atoms with E-state index in [1.807, 2.05) is 36.2 Å². The topological polar surface area (TPSA) is 58.5 Å². The minimum absolute atomic E-state index is 0.320. The summed E-state index contributed by atoms with van der Waals surface area (Å²) < 4.78 is 4.92. The van der Waals surface area contributed by atoms with E-state index in [0.717, 1.165) is 16.6 Å². The Morgan fingerprint density at radius 2 is 2.17 bits per heavy atom. The molecule has 1 aromatic carbocycles. The van der Waals surface area contributed by atoms with E-state index < -0.39 is 6.10 Å². The van der Waals surface area contributed by atoms with Crippen molar-refractivity contribution in [3.05, 3.63) is 30.5 Å². The highest BCUT2D eigenvalue weighted by atomic mass is 16.5. The number of hydrogen-bond donors (Lipinski definition) is 1. The number of aliphatic hydroxyl groups is 1. The van der Waals surface area contributed by atoms with Crippen LogP contribution in [-0.4, -0.2) is 48.7 Å². The van der Waals surface area contributed by atoms with Gasteiger partial charge in [-0.1, -0.05) is 18.2 Å². The summed E-state index contributed by atoms with van der Waals surface area (Å²) in [5.74, 6) is 0. The summed E-state index contributed by atoms with van der Waals surface area (Å²) in [7, 11) is 3.49. The maximum atomic E-state index is 9.75. The number of benzene rings is 1. The number of nitrogens with zero attached hydrogens (tertiary/aromatic N) is 3. The molecule has 5 nitrogen and oxygen atoms in total. The number of likely N-dealkylation sites (N-methyl/N-ethyl adjacent to an activating group) is 1. The highest BCUT2D eigenvalue weighted by molar-refractivity contribution is 5.90. The van der Waals surface area contributed by atoms with Gasteiger partial charge in [0.1, 0.15) is 0 Å². The summed E-state index contributed by atoms with van der Waals surface area (Å²) >= 11 is 0. The van der Waals surface area contributed by atoms with Crippen LogP contribution in [0.5, 0.6) is 0 Å². The van der Waals surface area contributed by atoms with Gasteiger partial charge in [-0.15, -0.1) is 0 Å². The van der Waals surface area contributed by atoms with Crippen LogP contribution in [0.4, 0.5) is 5.69 Å². The van der Waals surface area contributed by atoms with E-state index in [0.29, 0.717) is 13.2 Å². The Morgan fingerprint density at radius 1 is 1.39 bits per heavy atom. The molecule has 5 heteroatoms. The van der Waals surface area contributed by atoms with E-state index in [9.17, 15) is 5.11 Å². The summed E-state index contributed by atoms with van der Waals surface area (Å²) in [6.45, 7) is 0.810. The van der Waals surface area contributed by atoms with Crippen LogP contribution < -0.4 is 4.90 Å². The molecular weight excluding hydrogens is 230 g/mol. The third kappa shape index (κ3) is 2.75. The predicted octanol–water partition coefficient (Wildman–Crippen LogP) is 1.07. The zero-order valence-corrected chi connectivity index (χ0v) is 10.6. The van der Waals surface area contributed by atoms with E-state index in [1.54, 1.807) is 13.3 Å². The Hall–Kier alpha value is -1.72. The van der Waals surface area contributed by atoms with Crippen molar-refractivity contribution in [3.8, 4) is 0 Å². The van der Waals surface area contributed by atoms with E-state index >= 15 is 0 Å². The van der Waals surface area contributed by atoms with Crippen LogP contribution >= 0.6 is 0 Å². The second-order valence-electron chi connectivity index (χ2n) is 4.24. The molecule has 0 fully saturated rings. The highest BCUT2D eigenvalue weighted by Gasteiger charge is 2.11. The number of hydrogen-bond acceptors (Lipinski definition) is 5. The Bertz CT molecular complexity index is 513. The Labute approximate surface area is 106 Å². The minimum Gasteiger partial charge on any atom is -0.389 e. The molecule has 1 N–H and O–H groups in total. The van der Waals surface area contributed by atoms with E-state index in [4.69, 9.17) is 4.74 Å². The fourth-order valence-electron chi connectivity index (χ4n) is 1.96. The summed E-state index contributed by atoms with van der Waals surface area (Å²) in [5.41, 5.74) is 1.80. The van der Waals surface area contributed by atoms with Gasteiger partial charge in [0, 0.05) is 26.1 Å². The number of rotatable bonds is 5. The lowest BCUT2D eigenvalue weighted by atomic mass is 10.2. The number of fused-ring (bicyclic) bond motifs is 1. The van der Waals surface area contributed by atoms with Crippen LogP contribution in [0.1, 0.15) is 0 Å². The van der Waals surface area contributed by atoms with E-state index in [1.165, 1.54) is 0 Å². The van der Waals surface area contributed by atoms with Crippen LogP contribution in [0.25, 0.3) is 10.9 Å². The zero-order chi connectivity index (χ0) is 13.0. The average Bonchev–Trinajstić information content (AvgIpc) is 2.38. The van der Waals surface area contributed by atoms with Crippen molar-refractivity contribution in [1.82, 2.24) is 10.2 Å². The first kappa shape index (κ1) is 12.7. The van der Waals surface area contributed by atoms with Crippen LogP contribution in [0, 0.1) is 0 Å². The van der Waals surface area contributed by atoms with E-state index in [2.05, 4.69) is 10.2 Å². The molecule has 0 bridgehead atoms. The largest absolute Gasteiger partial charge is 0.389 e. The molecular formula is C13H17N3O2. The van der Waals surface area contributed by atoms with Crippen LogP contribution in [0.2, 0.25) is 0 Å². The van der Waals surface area contributed by atoms with Crippen LogP contribution in [0.15, 0.2) is 30.5 Å². The molecule has 1 heterocycles. The Balaban J connectivity index is 2.24. The molecule has 2 rings (SSSR count). The maximum Gasteiger partial charge on any atom is 0.0950 e. The Kier molecular flexibility index (Phi) is 4.07. The molecule has 0 aliphatic carbocycles. The fraction of sp³-hybridized carbons (Fsp3) is 0.385.